The first-order chi connectivity index (χ1) is 10.8. The van der Waals surface area contributed by atoms with E-state index < -0.39 is 10.8 Å². The first-order valence-corrected chi connectivity index (χ1v) is 10.4. The predicted molar refractivity (Wildman–Crippen MR) is 92.9 cm³/mol. The van der Waals surface area contributed by atoms with Crippen molar-refractivity contribution in [2.24, 2.45) is 0 Å². The van der Waals surface area contributed by atoms with Crippen molar-refractivity contribution in [2.75, 3.05) is 0 Å². The molecule has 2 aromatic rings. The third kappa shape index (κ3) is 2.91. The highest BCUT2D eigenvalue weighted by Gasteiger charge is 2.25. The number of benzene rings is 1. The van der Waals surface area contributed by atoms with E-state index >= 15 is 0 Å². The van der Waals surface area contributed by atoms with Crippen LogP contribution >= 0.6 is 11.3 Å². The summed E-state index contributed by atoms with van der Waals surface area (Å²) in [7, 11) is -0.795. The van der Waals surface area contributed by atoms with Crippen molar-refractivity contribution in [2.45, 2.75) is 55.9 Å². The Morgan fingerprint density at radius 1 is 1.14 bits per heavy atom. The Bertz CT molecular complexity index is 683. The Kier molecular flexibility index (Phi) is 4.14. The van der Waals surface area contributed by atoms with Gasteiger partial charge in [-0.15, -0.1) is 11.3 Å². The van der Waals surface area contributed by atoms with Gasteiger partial charge in [0.15, 0.2) is 0 Å². The fourth-order valence-corrected chi connectivity index (χ4v) is 6.42. The topological polar surface area (TPSA) is 30.0 Å². The largest absolute Gasteiger partial charge is 0.259 e. The third-order valence-corrected chi connectivity index (χ3v) is 7.87. The van der Waals surface area contributed by atoms with E-state index in [-0.39, 0.29) is 0 Å². The first-order valence-electron chi connectivity index (χ1n) is 8.21. The van der Waals surface area contributed by atoms with Crippen LogP contribution in [0, 0.1) is 0 Å². The minimum atomic E-state index is -0.795. The van der Waals surface area contributed by atoms with Crippen LogP contribution in [0.3, 0.4) is 0 Å². The molecule has 0 saturated heterocycles. The second-order valence-corrected chi connectivity index (χ2v) is 9.23. The van der Waals surface area contributed by atoms with E-state index in [1.165, 1.54) is 41.0 Å². The van der Waals surface area contributed by atoms with Crippen LogP contribution < -0.4 is 0 Å². The molecule has 2 unspecified atom stereocenters. The number of aromatic nitrogens is 1. The number of nitrogens with zero attached hydrogens (tertiary/aromatic N) is 1. The van der Waals surface area contributed by atoms with Crippen LogP contribution in [0.1, 0.15) is 46.0 Å². The van der Waals surface area contributed by atoms with Gasteiger partial charge < -0.3 is 0 Å². The maximum absolute atomic E-state index is 12.8. The van der Waals surface area contributed by atoms with Gasteiger partial charge in [-0.1, -0.05) is 24.3 Å². The van der Waals surface area contributed by atoms with Crippen LogP contribution in [0.25, 0.3) is 0 Å². The summed E-state index contributed by atoms with van der Waals surface area (Å²) in [6.07, 6.45) is 7.94. The molecular formula is C18H21NOS2. The first kappa shape index (κ1) is 14.6. The van der Waals surface area contributed by atoms with E-state index in [2.05, 4.69) is 24.3 Å². The molecule has 1 aromatic carbocycles. The fourth-order valence-electron chi connectivity index (χ4n) is 3.60. The van der Waals surface area contributed by atoms with Crippen molar-refractivity contribution in [1.82, 2.24) is 4.98 Å². The quantitative estimate of drug-likeness (QED) is 0.855. The van der Waals surface area contributed by atoms with Crippen molar-refractivity contribution in [3.05, 3.63) is 51.0 Å². The number of rotatable bonds is 3. The molecule has 4 heteroatoms. The molecule has 0 N–H and O–H groups in total. The molecule has 0 aliphatic heterocycles. The molecule has 2 aliphatic rings. The number of hydrogen-bond donors (Lipinski definition) is 0. The highest BCUT2D eigenvalue weighted by molar-refractivity contribution is 7.85. The molecule has 116 valence electrons. The normalized spacial score (nSPS) is 21.9. The van der Waals surface area contributed by atoms with Crippen LogP contribution in [0.4, 0.5) is 0 Å². The summed E-state index contributed by atoms with van der Waals surface area (Å²) in [5, 5.41) is 1.40. The zero-order valence-corrected chi connectivity index (χ0v) is 14.3. The minimum Gasteiger partial charge on any atom is -0.259 e. The summed E-state index contributed by atoms with van der Waals surface area (Å²) in [5.74, 6) is 0.657. The zero-order chi connectivity index (χ0) is 14.9. The predicted octanol–water partition coefficient (Wildman–Crippen LogP) is 3.83. The summed E-state index contributed by atoms with van der Waals surface area (Å²) in [4.78, 5) is 6.21. The molecule has 0 saturated carbocycles. The van der Waals surface area contributed by atoms with Crippen LogP contribution in [0.2, 0.25) is 0 Å². The monoisotopic (exact) mass is 331 g/mol. The SMILES string of the molecule is O=S(Cc1nc2c(s1)CCCC2)C1CCc2ccccc2C1. The zero-order valence-electron chi connectivity index (χ0n) is 12.7. The highest BCUT2D eigenvalue weighted by Crippen LogP contribution is 2.29. The van der Waals surface area contributed by atoms with Gasteiger partial charge in [0.1, 0.15) is 5.01 Å². The minimum absolute atomic E-state index is 0.302. The Balaban J connectivity index is 1.45. The lowest BCUT2D eigenvalue weighted by Gasteiger charge is -2.23. The van der Waals surface area contributed by atoms with E-state index in [1.807, 2.05) is 11.3 Å². The maximum atomic E-state index is 12.8. The van der Waals surface area contributed by atoms with Gasteiger partial charge in [0.05, 0.1) is 11.4 Å². The lowest BCUT2D eigenvalue weighted by molar-refractivity contribution is 0.636. The molecule has 0 fully saturated rings. The second-order valence-electron chi connectivity index (χ2n) is 6.34. The van der Waals surface area contributed by atoms with Crippen molar-refractivity contribution < 1.29 is 4.21 Å². The summed E-state index contributed by atoms with van der Waals surface area (Å²) >= 11 is 1.81. The summed E-state index contributed by atoms with van der Waals surface area (Å²) < 4.78 is 12.8. The van der Waals surface area contributed by atoms with Gasteiger partial charge in [0.25, 0.3) is 0 Å². The Morgan fingerprint density at radius 3 is 2.82 bits per heavy atom. The van der Waals surface area contributed by atoms with Crippen molar-refractivity contribution >= 4 is 22.1 Å². The van der Waals surface area contributed by atoms with E-state index in [9.17, 15) is 4.21 Å². The van der Waals surface area contributed by atoms with E-state index in [0.717, 1.165) is 30.7 Å². The fraction of sp³-hybridized carbons (Fsp3) is 0.500. The molecule has 2 aliphatic carbocycles. The molecule has 0 spiro atoms. The lowest BCUT2D eigenvalue weighted by atomic mass is 9.92. The number of fused-ring (bicyclic) bond motifs is 2. The van der Waals surface area contributed by atoms with Crippen molar-refractivity contribution in [1.29, 1.82) is 0 Å². The van der Waals surface area contributed by atoms with Crippen LogP contribution in [0.5, 0.6) is 0 Å². The van der Waals surface area contributed by atoms with Crippen LogP contribution in [0.15, 0.2) is 24.3 Å². The molecule has 1 heterocycles. The van der Waals surface area contributed by atoms with Crippen LogP contribution in [-0.2, 0) is 42.2 Å². The van der Waals surface area contributed by atoms with Gasteiger partial charge in [-0.05, 0) is 56.1 Å². The van der Waals surface area contributed by atoms with Crippen molar-refractivity contribution in [3.8, 4) is 0 Å². The molecule has 0 radical (unpaired) electrons. The lowest BCUT2D eigenvalue weighted by Crippen LogP contribution is -2.25. The van der Waals surface area contributed by atoms with Gasteiger partial charge >= 0.3 is 0 Å². The van der Waals surface area contributed by atoms with Crippen LogP contribution in [-0.4, -0.2) is 14.4 Å². The standard InChI is InChI=1S/C18H21NOS2/c20-22(12-18-19-16-7-3-4-8-17(16)21-18)15-10-9-13-5-1-2-6-14(13)11-15/h1-2,5-6,15H,3-4,7-12H2. The van der Waals surface area contributed by atoms with Gasteiger partial charge in [0, 0.05) is 20.9 Å². The average Bonchev–Trinajstić information content (AvgIpc) is 2.96. The molecule has 4 rings (SSSR count). The summed E-state index contributed by atoms with van der Waals surface area (Å²) in [6.45, 7) is 0. The number of thiazole rings is 1. The van der Waals surface area contributed by atoms with Crippen molar-refractivity contribution in [3.63, 3.8) is 0 Å². The van der Waals surface area contributed by atoms with Gasteiger partial charge in [-0.3, -0.25) is 4.21 Å². The molecule has 22 heavy (non-hydrogen) atoms. The molecule has 1 aromatic heterocycles. The van der Waals surface area contributed by atoms with E-state index in [1.54, 1.807) is 0 Å². The highest BCUT2D eigenvalue weighted by atomic mass is 32.2. The average molecular weight is 332 g/mol. The number of aryl methyl sites for hydroxylation is 3. The second kappa shape index (κ2) is 6.25. The Labute approximate surface area is 138 Å². The third-order valence-electron chi connectivity index (χ3n) is 4.83. The van der Waals surface area contributed by atoms with Gasteiger partial charge in [-0.25, -0.2) is 4.98 Å². The smallest absolute Gasteiger partial charge is 0.106 e. The molecule has 2 nitrogen and oxygen atoms in total. The number of hydrogen-bond acceptors (Lipinski definition) is 3. The molecular weight excluding hydrogens is 310 g/mol. The van der Waals surface area contributed by atoms with E-state index in [0.29, 0.717) is 11.0 Å². The Morgan fingerprint density at radius 2 is 1.95 bits per heavy atom. The van der Waals surface area contributed by atoms with Gasteiger partial charge in [-0.2, -0.15) is 0 Å². The Hall–Kier alpha value is -1.00. The van der Waals surface area contributed by atoms with Gasteiger partial charge in [0.2, 0.25) is 0 Å². The summed E-state index contributed by atoms with van der Waals surface area (Å²) in [6, 6.07) is 8.61. The molecule has 2 atom stereocenters. The summed E-state index contributed by atoms with van der Waals surface area (Å²) in [5.41, 5.74) is 4.13. The molecule has 0 bridgehead atoms. The maximum Gasteiger partial charge on any atom is 0.106 e. The molecule has 0 amide bonds. The van der Waals surface area contributed by atoms with E-state index in [4.69, 9.17) is 4.98 Å².